The number of rotatable bonds is 7. The molecular formula is C20H30N2O5S. The highest BCUT2D eigenvalue weighted by molar-refractivity contribution is 7.92. The summed E-state index contributed by atoms with van der Waals surface area (Å²) in [6.45, 7) is 6.57. The molecule has 0 spiro atoms. The van der Waals surface area contributed by atoms with Gasteiger partial charge in [-0.1, -0.05) is 19.1 Å². The lowest BCUT2D eigenvalue weighted by Gasteiger charge is -2.36. The molecule has 1 aliphatic heterocycles. The zero-order valence-electron chi connectivity index (χ0n) is 17.1. The third-order valence-corrected chi connectivity index (χ3v) is 6.33. The SMILES string of the molecule is CCOC(=O)C1CCN(C(=O)[C@H](C)N(c2ccc(CC)cc2)S(C)(=O)=O)CC1. The largest absolute Gasteiger partial charge is 0.466 e. The molecule has 0 N–H and O–H groups in total. The Hall–Kier alpha value is -2.09. The maximum absolute atomic E-state index is 13.0. The Balaban J connectivity index is 2.13. The van der Waals surface area contributed by atoms with Gasteiger partial charge < -0.3 is 9.64 Å². The molecule has 28 heavy (non-hydrogen) atoms. The summed E-state index contributed by atoms with van der Waals surface area (Å²) in [6.07, 6.45) is 3.02. The van der Waals surface area contributed by atoms with Crippen LogP contribution in [-0.2, 0) is 30.8 Å². The zero-order chi connectivity index (χ0) is 20.9. The molecule has 0 saturated carbocycles. The van der Waals surface area contributed by atoms with Gasteiger partial charge in [0.25, 0.3) is 0 Å². The number of nitrogens with zero attached hydrogens (tertiary/aromatic N) is 2. The van der Waals surface area contributed by atoms with Crippen molar-refractivity contribution in [3.63, 3.8) is 0 Å². The molecule has 8 heteroatoms. The first-order valence-electron chi connectivity index (χ1n) is 9.72. The molecule has 0 unspecified atom stereocenters. The standard InChI is InChI=1S/C20H30N2O5S/c1-5-16-7-9-18(10-8-16)22(28(4,25)26)15(3)19(23)21-13-11-17(12-14-21)20(24)27-6-2/h7-10,15,17H,5-6,11-14H2,1-4H3/t15-/m0/s1. The Kier molecular flexibility index (Phi) is 7.46. The van der Waals surface area contributed by atoms with Crippen LogP contribution in [0.15, 0.2) is 24.3 Å². The number of hydrogen-bond acceptors (Lipinski definition) is 5. The van der Waals surface area contributed by atoms with Crippen LogP contribution in [0.5, 0.6) is 0 Å². The molecular weight excluding hydrogens is 380 g/mol. The van der Waals surface area contributed by atoms with Gasteiger partial charge in [0.05, 0.1) is 24.5 Å². The first-order valence-corrected chi connectivity index (χ1v) is 11.6. The number of anilines is 1. The van der Waals surface area contributed by atoms with Crippen molar-refractivity contribution in [1.29, 1.82) is 0 Å². The molecule has 1 saturated heterocycles. The molecule has 0 aromatic heterocycles. The summed E-state index contributed by atoms with van der Waals surface area (Å²) in [5.74, 6) is -0.685. The monoisotopic (exact) mass is 410 g/mol. The normalized spacial score (nSPS) is 16.5. The molecule has 2 rings (SSSR count). The van der Waals surface area contributed by atoms with Crippen molar-refractivity contribution in [3.05, 3.63) is 29.8 Å². The van der Waals surface area contributed by atoms with Gasteiger partial charge in [0.15, 0.2) is 0 Å². The minimum absolute atomic E-state index is 0.202. The molecule has 1 fully saturated rings. The van der Waals surface area contributed by atoms with Crippen molar-refractivity contribution in [1.82, 2.24) is 4.90 Å². The number of likely N-dealkylation sites (tertiary alicyclic amines) is 1. The fourth-order valence-electron chi connectivity index (χ4n) is 3.54. The van der Waals surface area contributed by atoms with Gasteiger partial charge in [-0.2, -0.15) is 0 Å². The Morgan fingerprint density at radius 2 is 1.75 bits per heavy atom. The van der Waals surface area contributed by atoms with Gasteiger partial charge in [0, 0.05) is 13.1 Å². The van der Waals surface area contributed by atoms with Gasteiger partial charge in [0.2, 0.25) is 15.9 Å². The van der Waals surface area contributed by atoms with E-state index in [0.717, 1.165) is 18.2 Å². The minimum atomic E-state index is -3.64. The predicted molar refractivity (Wildman–Crippen MR) is 109 cm³/mol. The molecule has 156 valence electrons. The van der Waals surface area contributed by atoms with E-state index in [1.807, 2.05) is 19.1 Å². The Morgan fingerprint density at radius 1 is 1.18 bits per heavy atom. The van der Waals surface area contributed by atoms with Crippen LogP contribution < -0.4 is 4.31 Å². The Morgan fingerprint density at radius 3 is 2.21 bits per heavy atom. The smallest absolute Gasteiger partial charge is 0.309 e. The maximum atomic E-state index is 13.0. The second kappa shape index (κ2) is 9.41. The van der Waals surface area contributed by atoms with E-state index in [-0.39, 0.29) is 17.8 Å². The zero-order valence-corrected chi connectivity index (χ0v) is 17.9. The second-order valence-electron chi connectivity index (χ2n) is 7.11. The highest BCUT2D eigenvalue weighted by Crippen LogP contribution is 2.25. The average molecular weight is 411 g/mol. The number of carbonyl (C=O) groups excluding carboxylic acids is 2. The first-order chi connectivity index (χ1) is 13.2. The highest BCUT2D eigenvalue weighted by Gasteiger charge is 2.35. The fraction of sp³-hybridized carbons (Fsp3) is 0.600. The van der Waals surface area contributed by atoms with Crippen molar-refractivity contribution in [3.8, 4) is 0 Å². The van der Waals surface area contributed by atoms with E-state index >= 15 is 0 Å². The van der Waals surface area contributed by atoms with E-state index in [1.165, 1.54) is 4.31 Å². The fourth-order valence-corrected chi connectivity index (χ4v) is 4.71. The lowest BCUT2D eigenvalue weighted by molar-refractivity contribution is -0.151. The van der Waals surface area contributed by atoms with E-state index in [2.05, 4.69) is 0 Å². The van der Waals surface area contributed by atoms with Crippen LogP contribution in [0, 0.1) is 5.92 Å². The third kappa shape index (κ3) is 5.25. The maximum Gasteiger partial charge on any atom is 0.309 e. The summed E-state index contributed by atoms with van der Waals surface area (Å²) < 4.78 is 31.1. The number of carbonyl (C=O) groups is 2. The molecule has 1 heterocycles. The first kappa shape index (κ1) is 22.2. The van der Waals surface area contributed by atoms with Crippen molar-refractivity contribution in [2.45, 2.75) is 46.1 Å². The van der Waals surface area contributed by atoms with Crippen LogP contribution in [0.2, 0.25) is 0 Å². The van der Waals surface area contributed by atoms with E-state index in [9.17, 15) is 18.0 Å². The molecule has 0 radical (unpaired) electrons. The summed E-state index contributed by atoms with van der Waals surface area (Å²) in [5, 5.41) is 0. The number of amides is 1. The van der Waals surface area contributed by atoms with Crippen molar-refractivity contribution >= 4 is 27.6 Å². The van der Waals surface area contributed by atoms with Crippen LogP contribution >= 0.6 is 0 Å². The van der Waals surface area contributed by atoms with Crippen LogP contribution in [0.25, 0.3) is 0 Å². The number of sulfonamides is 1. The topological polar surface area (TPSA) is 84.0 Å². The summed E-state index contributed by atoms with van der Waals surface area (Å²) >= 11 is 0. The molecule has 0 aliphatic carbocycles. The van der Waals surface area contributed by atoms with Crippen molar-refractivity contribution in [2.24, 2.45) is 5.92 Å². The predicted octanol–water partition coefficient (Wildman–Crippen LogP) is 2.21. The van der Waals surface area contributed by atoms with Crippen LogP contribution in [-0.4, -0.2) is 57.2 Å². The van der Waals surface area contributed by atoms with Crippen LogP contribution in [0.3, 0.4) is 0 Å². The number of esters is 1. The van der Waals surface area contributed by atoms with Gasteiger partial charge in [-0.25, -0.2) is 8.42 Å². The van der Waals surface area contributed by atoms with Gasteiger partial charge in [-0.3, -0.25) is 13.9 Å². The lowest BCUT2D eigenvalue weighted by atomic mass is 9.96. The Bertz CT molecular complexity index is 783. The van der Waals surface area contributed by atoms with E-state index in [1.54, 1.807) is 30.9 Å². The van der Waals surface area contributed by atoms with Gasteiger partial charge in [-0.05, 0) is 50.8 Å². The van der Waals surface area contributed by atoms with E-state index in [0.29, 0.717) is 38.2 Å². The molecule has 1 aliphatic rings. The molecule has 7 nitrogen and oxygen atoms in total. The lowest BCUT2D eigenvalue weighted by Crippen LogP contribution is -2.51. The summed E-state index contributed by atoms with van der Waals surface area (Å²) in [7, 11) is -3.64. The summed E-state index contributed by atoms with van der Waals surface area (Å²) in [5.41, 5.74) is 1.57. The quantitative estimate of drug-likeness (QED) is 0.644. The molecule has 1 aromatic rings. The summed E-state index contributed by atoms with van der Waals surface area (Å²) in [6, 6.07) is 6.35. The molecule has 0 bridgehead atoms. The van der Waals surface area contributed by atoms with Gasteiger partial charge in [0.1, 0.15) is 6.04 Å². The van der Waals surface area contributed by atoms with E-state index in [4.69, 9.17) is 4.74 Å². The number of ether oxygens (including phenoxy) is 1. The van der Waals surface area contributed by atoms with Crippen molar-refractivity contribution in [2.75, 3.05) is 30.3 Å². The molecule has 1 aromatic carbocycles. The Labute approximate surface area is 167 Å². The molecule has 1 atom stereocenters. The number of hydrogen-bond donors (Lipinski definition) is 0. The van der Waals surface area contributed by atoms with Crippen LogP contribution in [0.1, 0.15) is 39.2 Å². The molecule has 1 amide bonds. The number of aryl methyl sites for hydroxylation is 1. The van der Waals surface area contributed by atoms with Crippen molar-refractivity contribution < 1.29 is 22.7 Å². The van der Waals surface area contributed by atoms with E-state index < -0.39 is 16.1 Å². The average Bonchev–Trinajstić information content (AvgIpc) is 2.67. The summed E-state index contributed by atoms with van der Waals surface area (Å²) in [4.78, 5) is 26.5. The number of benzene rings is 1. The van der Waals surface area contributed by atoms with Crippen LogP contribution in [0.4, 0.5) is 5.69 Å². The third-order valence-electron chi connectivity index (χ3n) is 5.09. The van der Waals surface area contributed by atoms with Gasteiger partial charge >= 0.3 is 5.97 Å². The minimum Gasteiger partial charge on any atom is -0.466 e. The second-order valence-corrected chi connectivity index (χ2v) is 8.97. The highest BCUT2D eigenvalue weighted by atomic mass is 32.2. The number of piperidine rings is 1. The van der Waals surface area contributed by atoms with Gasteiger partial charge in [-0.15, -0.1) is 0 Å².